The first-order chi connectivity index (χ1) is 7.35. The third kappa shape index (κ3) is 1.92. The molecule has 3 N–H and O–H groups in total. The van der Waals surface area contributed by atoms with E-state index in [4.69, 9.17) is 5.73 Å². The summed E-state index contributed by atoms with van der Waals surface area (Å²) in [5, 5.41) is 4.34. The second kappa shape index (κ2) is 4.28. The van der Waals surface area contributed by atoms with Gasteiger partial charge in [-0.2, -0.15) is 0 Å². The molecule has 3 heteroatoms. The van der Waals surface area contributed by atoms with Crippen molar-refractivity contribution in [3.05, 3.63) is 35.9 Å². The molecular formula is C12H15N3. The Bertz CT molecular complexity index is 465. The maximum atomic E-state index is 5.67. The number of fused-ring (bicyclic) bond motifs is 1. The summed E-state index contributed by atoms with van der Waals surface area (Å²) in [5.41, 5.74) is 7.81. The third-order valence-corrected chi connectivity index (χ3v) is 2.40. The average Bonchev–Trinajstić information content (AvgIpc) is 2.28. The van der Waals surface area contributed by atoms with Crippen molar-refractivity contribution in [2.75, 3.05) is 11.9 Å². The van der Waals surface area contributed by atoms with Crippen molar-refractivity contribution in [2.45, 2.75) is 13.5 Å². The van der Waals surface area contributed by atoms with Crippen LogP contribution in [-0.4, -0.2) is 11.5 Å². The van der Waals surface area contributed by atoms with Gasteiger partial charge in [-0.15, -0.1) is 0 Å². The quantitative estimate of drug-likeness (QED) is 0.799. The fourth-order valence-corrected chi connectivity index (χ4v) is 1.68. The molecule has 2 aromatic rings. The summed E-state index contributed by atoms with van der Waals surface area (Å²) in [6, 6.07) is 10.1. The van der Waals surface area contributed by atoms with Crippen LogP contribution >= 0.6 is 0 Å². The lowest BCUT2D eigenvalue weighted by molar-refractivity contribution is 1.08. The normalized spacial score (nSPS) is 10.5. The highest BCUT2D eigenvalue weighted by atomic mass is 15.0. The molecule has 0 aliphatic carbocycles. The largest absolute Gasteiger partial charge is 0.370 e. The molecule has 0 atom stereocenters. The van der Waals surface area contributed by atoms with Crippen LogP contribution in [-0.2, 0) is 6.54 Å². The van der Waals surface area contributed by atoms with Gasteiger partial charge in [0.05, 0.1) is 5.52 Å². The second-order valence-electron chi connectivity index (χ2n) is 3.41. The highest BCUT2D eigenvalue weighted by Crippen LogP contribution is 2.18. The van der Waals surface area contributed by atoms with Crippen molar-refractivity contribution in [1.82, 2.24) is 4.98 Å². The van der Waals surface area contributed by atoms with Crippen LogP contribution in [0.4, 0.5) is 5.82 Å². The van der Waals surface area contributed by atoms with Crippen LogP contribution in [0.3, 0.4) is 0 Å². The Morgan fingerprint density at radius 2 is 2.13 bits per heavy atom. The molecule has 0 aliphatic heterocycles. The molecule has 0 spiro atoms. The van der Waals surface area contributed by atoms with Gasteiger partial charge in [-0.05, 0) is 30.7 Å². The van der Waals surface area contributed by atoms with E-state index in [-0.39, 0.29) is 0 Å². The standard InChI is InChI=1S/C12H15N3/c1-2-14-12-7-6-10-9(8-13)4-3-5-11(10)15-12/h3-7H,2,8,13H2,1H3,(H,14,15). The molecule has 1 heterocycles. The van der Waals surface area contributed by atoms with Gasteiger partial charge in [-0.1, -0.05) is 12.1 Å². The molecular weight excluding hydrogens is 186 g/mol. The lowest BCUT2D eigenvalue weighted by atomic mass is 10.1. The number of rotatable bonds is 3. The smallest absolute Gasteiger partial charge is 0.126 e. The molecule has 1 aromatic carbocycles. The van der Waals surface area contributed by atoms with Crippen molar-refractivity contribution in [2.24, 2.45) is 5.73 Å². The maximum absolute atomic E-state index is 5.67. The van der Waals surface area contributed by atoms with E-state index >= 15 is 0 Å². The lowest BCUT2D eigenvalue weighted by Crippen LogP contribution is -2.01. The number of nitrogens with two attached hydrogens (primary N) is 1. The molecule has 0 fully saturated rings. The molecule has 78 valence electrons. The van der Waals surface area contributed by atoms with Gasteiger partial charge in [0.25, 0.3) is 0 Å². The van der Waals surface area contributed by atoms with Gasteiger partial charge in [-0.3, -0.25) is 0 Å². The molecule has 0 radical (unpaired) electrons. The Kier molecular flexibility index (Phi) is 2.83. The Balaban J connectivity index is 2.53. The van der Waals surface area contributed by atoms with E-state index in [1.165, 1.54) is 0 Å². The van der Waals surface area contributed by atoms with E-state index in [1.807, 2.05) is 24.3 Å². The molecule has 0 amide bonds. The zero-order valence-corrected chi connectivity index (χ0v) is 8.83. The summed E-state index contributed by atoms with van der Waals surface area (Å²) < 4.78 is 0. The Morgan fingerprint density at radius 3 is 2.87 bits per heavy atom. The number of pyridine rings is 1. The minimum Gasteiger partial charge on any atom is -0.370 e. The van der Waals surface area contributed by atoms with Crippen molar-refractivity contribution in [1.29, 1.82) is 0 Å². The number of anilines is 1. The summed E-state index contributed by atoms with van der Waals surface area (Å²) in [6.45, 7) is 3.50. The Hall–Kier alpha value is -1.61. The van der Waals surface area contributed by atoms with Gasteiger partial charge in [0.1, 0.15) is 5.82 Å². The monoisotopic (exact) mass is 201 g/mol. The van der Waals surface area contributed by atoms with Gasteiger partial charge in [0, 0.05) is 18.5 Å². The minimum absolute atomic E-state index is 0.555. The van der Waals surface area contributed by atoms with Gasteiger partial charge in [0.2, 0.25) is 0 Å². The molecule has 2 rings (SSSR count). The van der Waals surface area contributed by atoms with Crippen molar-refractivity contribution >= 4 is 16.7 Å². The maximum Gasteiger partial charge on any atom is 0.126 e. The van der Waals surface area contributed by atoms with Gasteiger partial charge in [0.15, 0.2) is 0 Å². The molecule has 3 nitrogen and oxygen atoms in total. The van der Waals surface area contributed by atoms with E-state index in [0.717, 1.165) is 28.8 Å². The minimum atomic E-state index is 0.555. The van der Waals surface area contributed by atoms with E-state index in [0.29, 0.717) is 6.54 Å². The van der Waals surface area contributed by atoms with E-state index < -0.39 is 0 Å². The average molecular weight is 201 g/mol. The molecule has 0 bridgehead atoms. The third-order valence-electron chi connectivity index (χ3n) is 2.40. The topological polar surface area (TPSA) is 50.9 Å². The summed E-state index contributed by atoms with van der Waals surface area (Å²) in [4.78, 5) is 4.51. The van der Waals surface area contributed by atoms with Crippen molar-refractivity contribution < 1.29 is 0 Å². The molecule has 0 unspecified atom stereocenters. The summed E-state index contributed by atoms with van der Waals surface area (Å²) >= 11 is 0. The number of hydrogen-bond donors (Lipinski definition) is 2. The Labute approximate surface area is 89.3 Å². The van der Waals surface area contributed by atoms with Crippen LogP contribution < -0.4 is 11.1 Å². The number of benzene rings is 1. The highest BCUT2D eigenvalue weighted by molar-refractivity contribution is 5.83. The van der Waals surface area contributed by atoms with Crippen molar-refractivity contribution in [3.63, 3.8) is 0 Å². The van der Waals surface area contributed by atoms with Crippen LogP contribution in [0, 0.1) is 0 Å². The second-order valence-corrected chi connectivity index (χ2v) is 3.41. The predicted molar refractivity (Wildman–Crippen MR) is 63.8 cm³/mol. The van der Waals surface area contributed by atoms with Crippen LogP contribution in [0.25, 0.3) is 10.9 Å². The predicted octanol–water partition coefficient (Wildman–Crippen LogP) is 2.13. The van der Waals surface area contributed by atoms with Gasteiger partial charge in [-0.25, -0.2) is 4.98 Å². The molecule has 0 saturated heterocycles. The summed E-state index contributed by atoms with van der Waals surface area (Å²) in [5.74, 6) is 0.916. The first kappa shape index (κ1) is 9.93. The van der Waals surface area contributed by atoms with Gasteiger partial charge < -0.3 is 11.1 Å². The molecule has 0 saturated carbocycles. The highest BCUT2D eigenvalue weighted by Gasteiger charge is 2.00. The van der Waals surface area contributed by atoms with Crippen molar-refractivity contribution in [3.8, 4) is 0 Å². The first-order valence-corrected chi connectivity index (χ1v) is 5.17. The molecule has 0 aliphatic rings. The summed E-state index contributed by atoms with van der Waals surface area (Å²) in [7, 11) is 0. The molecule has 15 heavy (non-hydrogen) atoms. The number of aromatic nitrogens is 1. The van der Waals surface area contributed by atoms with E-state index in [9.17, 15) is 0 Å². The van der Waals surface area contributed by atoms with Gasteiger partial charge >= 0.3 is 0 Å². The SMILES string of the molecule is CCNc1ccc2c(CN)cccc2n1. The van der Waals surface area contributed by atoms with Crippen LogP contribution in [0.15, 0.2) is 30.3 Å². The van der Waals surface area contributed by atoms with E-state index in [2.05, 4.69) is 23.3 Å². The Morgan fingerprint density at radius 1 is 1.27 bits per heavy atom. The van der Waals surface area contributed by atoms with E-state index in [1.54, 1.807) is 0 Å². The fourth-order valence-electron chi connectivity index (χ4n) is 1.68. The number of nitrogens with one attached hydrogen (secondary N) is 1. The molecule has 1 aromatic heterocycles. The van der Waals surface area contributed by atoms with Crippen LogP contribution in [0.1, 0.15) is 12.5 Å². The zero-order valence-electron chi connectivity index (χ0n) is 8.83. The summed E-state index contributed by atoms with van der Waals surface area (Å²) in [6.07, 6.45) is 0. The number of nitrogens with zero attached hydrogens (tertiary/aromatic N) is 1. The lowest BCUT2D eigenvalue weighted by Gasteiger charge is -2.06. The number of hydrogen-bond acceptors (Lipinski definition) is 3. The zero-order chi connectivity index (χ0) is 10.7. The van der Waals surface area contributed by atoms with Crippen LogP contribution in [0.5, 0.6) is 0 Å². The van der Waals surface area contributed by atoms with Crippen LogP contribution in [0.2, 0.25) is 0 Å². The fraction of sp³-hybridized carbons (Fsp3) is 0.250. The first-order valence-electron chi connectivity index (χ1n) is 5.17.